The monoisotopic (exact) mass is 256 g/mol. The van der Waals surface area contributed by atoms with Gasteiger partial charge in [0.15, 0.2) is 0 Å². The van der Waals surface area contributed by atoms with Gasteiger partial charge in [0.1, 0.15) is 11.6 Å². The van der Waals surface area contributed by atoms with E-state index in [2.05, 4.69) is 0 Å². The Morgan fingerprint density at radius 3 is 2.74 bits per heavy atom. The van der Waals surface area contributed by atoms with Crippen LogP contribution in [0.25, 0.3) is 11.8 Å². The smallest absolute Gasteiger partial charge is 0.227 e. The molecule has 3 heteroatoms. The number of methoxy groups -OCH3 is 1. The zero-order chi connectivity index (χ0) is 13.2. The summed E-state index contributed by atoms with van der Waals surface area (Å²) in [6.45, 7) is 0. The molecule has 0 aliphatic carbocycles. The quantitative estimate of drug-likeness (QED) is 0.808. The molecule has 0 radical (unpaired) electrons. The summed E-state index contributed by atoms with van der Waals surface area (Å²) in [5.74, 6) is 0.333. The molecule has 96 valence electrons. The first-order chi connectivity index (χ1) is 9.28. The van der Waals surface area contributed by atoms with Crippen LogP contribution in [0.3, 0.4) is 0 Å². The first kappa shape index (κ1) is 11.9. The fourth-order valence-corrected chi connectivity index (χ4v) is 2.18. The maximum Gasteiger partial charge on any atom is 0.227 e. The fraction of sp³-hybridized carbons (Fsp3) is 0.125. The third-order valence-electron chi connectivity index (χ3n) is 3.09. The van der Waals surface area contributed by atoms with Crippen molar-refractivity contribution >= 4 is 11.8 Å². The van der Waals surface area contributed by atoms with E-state index in [4.69, 9.17) is 9.47 Å². The van der Waals surface area contributed by atoms with Gasteiger partial charge in [-0.25, -0.2) is 4.39 Å². The Kier molecular flexibility index (Phi) is 3.05. The largest absolute Gasteiger partial charge is 0.460 e. The zero-order valence-electron chi connectivity index (χ0n) is 10.5. The molecule has 0 fully saturated rings. The van der Waals surface area contributed by atoms with E-state index >= 15 is 0 Å². The van der Waals surface area contributed by atoms with E-state index in [-0.39, 0.29) is 5.82 Å². The molecule has 0 amide bonds. The molecule has 0 N–H and O–H groups in total. The second-order valence-corrected chi connectivity index (χ2v) is 4.33. The van der Waals surface area contributed by atoms with Gasteiger partial charge < -0.3 is 9.47 Å². The molecule has 2 aromatic rings. The summed E-state index contributed by atoms with van der Waals surface area (Å²) in [7, 11) is 1.59. The van der Waals surface area contributed by atoms with Gasteiger partial charge in [-0.3, -0.25) is 0 Å². The van der Waals surface area contributed by atoms with Crippen LogP contribution in [-0.4, -0.2) is 7.11 Å². The lowest BCUT2D eigenvalue weighted by atomic mass is 10.0. The zero-order valence-corrected chi connectivity index (χ0v) is 10.5. The van der Waals surface area contributed by atoms with Crippen LogP contribution in [-0.2, 0) is 9.47 Å². The van der Waals surface area contributed by atoms with E-state index in [0.717, 1.165) is 11.1 Å². The SMILES string of the molecule is COC1OC(c2cccc(F)c2)=Cc2ccccc21. The lowest BCUT2D eigenvalue weighted by Crippen LogP contribution is -2.11. The highest BCUT2D eigenvalue weighted by Crippen LogP contribution is 2.35. The van der Waals surface area contributed by atoms with Gasteiger partial charge >= 0.3 is 0 Å². The average molecular weight is 256 g/mol. The number of rotatable bonds is 2. The predicted octanol–water partition coefficient (Wildman–Crippen LogP) is 4.00. The van der Waals surface area contributed by atoms with Crippen molar-refractivity contribution in [1.82, 2.24) is 0 Å². The molecular formula is C16H13FO2. The van der Waals surface area contributed by atoms with Gasteiger partial charge in [-0.1, -0.05) is 36.4 Å². The molecule has 2 nitrogen and oxygen atoms in total. The Labute approximate surface area is 111 Å². The van der Waals surface area contributed by atoms with Crippen LogP contribution in [0.15, 0.2) is 48.5 Å². The molecular weight excluding hydrogens is 243 g/mol. The molecule has 0 bridgehead atoms. The molecule has 1 unspecified atom stereocenters. The fourth-order valence-electron chi connectivity index (χ4n) is 2.18. The van der Waals surface area contributed by atoms with E-state index < -0.39 is 6.29 Å². The molecule has 0 saturated carbocycles. The Morgan fingerprint density at radius 1 is 1.11 bits per heavy atom. The van der Waals surface area contributed by atoms with Gasteiger partial charge in [0, 0.05) is 18.2 Å². The van der Waals surface area contributed by atoms with Gasteiger partial charge in [-0.15, -0.1) is 0 Å². The number of hydrogen-bond acceptors (Lipinski definition) is 2. The summed E-state index contributed by atoms with van der Waals surface area (Å²) in [5, 5.41) is 0. The summed E-state index contributed by atoms with van der Waals surface area (Å²) in [4.78, 5) is 0. The third-order valence-corrected chi connectivity index (χ3v) is 3.09. The molecule has 0 spiro atoms. The summed E-state index contributed by atoms with van der Waals surface area (Å²) in [6, 6.07) is 14.2. The summed E-state index contributed by atoms with van der Waals surface area (Å²) in [6.07, 6.45) is 1.44. The van der Waals surface area contributed by atoms with Crippen molar-refractivity contribution in [2.75, 3.05) is 7.11 Å². The molecule has 1 heterocycles. The van der Waals surface area contributed by atoms with Crippen LogP contribution in [0.5, 0.6) is 0 Å². The lowest BCUT2D eigenvalue weighted by Gasteiger charge is -2.26. The summed E-state index contributed by atoms with van der Waals surface area (Å²) < 4.78 is 24.4. The van der Waals surface area contributed by atoms with Crippen LogP contribution in [0, 0.1) is 5.82 Å². The molecule has 1 atom stereocenters. The van der Waals surface area contributed by atoms with Crippen LogP contribution in [0.1, 0.15) is 23.0 Å². The van der Waals surface area contributed by atoms with E-state index in [1.807, 2.05) is 36.4 Å². The van der Waals surface area contributed by atoms with Crippen LogP contribution >= 0.6 is 0 Å². The topological polar surface area (TPSA) is 18.5 Å². The van der Waals surface area contributed by atoms with Crippen molar-refractivity contribution in [3.8, 4) is 0 Å². The third kappa shape index (κ3) is 2.25. The van der Waals surface area contributed by atoms with E-state index in [0.29, 0.717) is 11.3 Å². The first-order valence-electron chi connectivity index (χ1n) is 6.04. The Hall–Kier alpha value is -2.13. The summed E-state index contributed by atoms with van der Waals surface area (Å²) >= 11 is 0. The highest BCUT2D eigenvalue weighted by molar-refractivity contribution is 5.80. The molecule has 1 aliphatic heterocycles. The highest BCUT2D eigenvalue weighted by Gasteiger charge is 2.22. The number of fused-ring (bicyclic) bond motifs is 1. The van der Waals surface area contributed by atoms with Crippen molar-refractivity contribution in [2.45, 2.75) is 6.29 Å². The van der Waals surface area contributed by atoms with Gasteiger partial charge in [0.05, 0.1) is 0 Å². The first-order valence-corrected chi connectivity index (χ1v) is 6.04. The van der Waals surface area contributed by atoms with Crippen molar-refractivity contribution in [3.63, 3.8) is 0 Å². The van der Waals surface area contributed by atoms with Crippen molar-refractivity contribution in [2.24, 2.45) is 0 Å². The number of halogens is 1. The van der Waals surface area contributed by atoms with E-state index in [1.165, 1.54) is 12.1 Å². The van der Waals surface area contributed by atoms with Gasteiger partial charge in [0.25, 0.3) is 0 Å². The standard InChI is InChI=1S/C16H13FO2/c1-18-16-14-8-3-2-5-11(14)10-15(19-16)12-6-4-7-13(17)9-12/h2-10,16H,1H3. The summed E-state index contributed by atoms with van der Waals surface area (Å²) in [5.41, 5.74) is 2.71. The maximum atomic E-state index is 13.3. The molecule has 1 aliphatic rings. The predicted molar refractivity (Wildman–Crippen MR) is 71.5 cm³/mol. The van der Waals surface area contributed by atoms with Gasteiger partial charge in [-0.05, 0) is 23.8 Å². The van der Waals surface area contributed by atoms with Crippen molar-refractivity contribution in [3.05, 3.63) is 71.0 Å². The lowest BCUT2D eigenvalue weighted by molar-refractivity contribution is -0.0765. The normalized spacial score (nSPS) is 17.4. The highest BCUT2D eigenvalue weighted by atomic mass is 19.1. The van der Waals surface area contributed by atoms with Crippen LogP contribution in [0.4, 0.5) is 4.39 Å². The molecule has 0 aromatic heterocycles. The molecule has 3 rings (SSSR count). The van der Waals surface area contributed by atoms with Crippen molar-refractivity contribution < 1.29 is 13.9 Å². The average Bonchev–Trinajstić information content (AvgIpc) is 2.46. The van der Waals surface area contributed by atoms with Crippen molar-refractivity contribution in [1.29, 1.82) is 0 Å². The minimum Gasteiger partial charge on any atom is -0.460 e. The molecule has 19 heavy (non-hydrogen) atoms. The number of ether oxygens (including phenoxy) is 2. The Morgan fingerprint density at radius 2 is 1.95 bits per heavy atom. The second kappa shape index (κ2) is 4.86. The minimum atomic E-state index is -0.459. The Balaban J connectivity index is 2.07. The van der Waals surface area contributed by atoms with Gasteiger partial charge in [0.2, 0.25) is 6.29 Å². The van der Waals surface area contributed by atoms with Crippen LogP contribution < -0.4 is 0 Å². The second-order valence-electron chi connectivity index (χ2n) is 4.33. The van der Waals surface area contributed by atoms with Crippen LogP contribution in [0.2, 0.25) is 0 Å². The van der Waals surface area contributed by atoms with Gasteiger partial charge in [-0.2, -0.15) is 0 Å². The minimum absolute atomic E-state index is 0.283. The molecule has 0 saturated heterocycles. The molecule has 2 aromatic carbocycles. The number of hydrogen-bond donors (Lipinski definition) is 0. The maximum absolute atomic E-state index is 13.3. The van der Waals surface area contributed by atoms with E-state index in [1.54, 1.807) is 13.2 Å². The number of benzene rings is 2. The van der Waals surface area contributed by atoms with E-state index in [9.17, 15) is 4.39 Å². The Bertz CT molecular complexity index is 634.